The van der Waals surface area contributed by atoms with Gasteiger partial charge in [-0.25, -0.2) is 0 Å². The highest BCUT2D eigenvalue weighted by Gasteiger charge is 2.31. The minimum Gasteiger partial charge on any atom is -0.481 e. The number of ether oxygens (including phenoxy) is 1. The molecule has 1 saturated carbocycles. The van der Waals surface area contributed by atoms with Crippen LogP contribution in [0.1, 0.15) is 44.9 Å². The van der Waals surface area contributed by atoms with Crippen LogP contribution in [0.3, 0.4) is 0 Å². The lowest BCUT2D eigenvalue weighted by molar-refractivity contribution is -0.137. The Morgan fingerprint density at radius 3 is 2.80 bits per heavy atom. The van der Waals surface area contributed by atoms with Crippen LogP contribution in [0.4, 0.5) is 0 Å². The van der Waals surface area contributed by atoms with E-state index in [2.05, 4.69) is 10.2 Å². The van der Waals surface area contributed by atoms with Crippen molar-refractivity contribution in [3.8, 4) is 0 Å². The molecule has 1 fully saturated rings. The van der Waals surface area contributed by atoms with Crippen molar-refractivity contribution in [2.45, 2.75) is 52.1 Å². The normalized spacial score (nSPS) is 23.3. The van der Waals surface area contributed by atoms with E-state index < -0.39 is 5.97 Å². The van der Waals surface area contributed by atoms with Crippen LogP contribution in [0.25, 0.3) is 0 Å². The average molecular weight is 282 g/mol. The Morgan fingerprint density at radius 1 is 1.45 bits per heavy atom. The molecule has 0 radical (unpaired) electrons. The van der Waals surface area contributed by atoms with Crippen molar-refractivity contribution in [1.82, 2.24) is 10.2 Å². The van der Waals surface area contributed by atoms with Crippen LogP contribution in [0.2, 0.25) is 0 Å². The molecule has 0 saturated heterocycles. The molecule has 1 heterocycles. The third-order valence-electron chi connectivity index (χ3n) is 3.61. The van der Waals surface area contributed by atoms with Gasteiger partial charge in [0, 0.05) is 25.9 Å². The van der Waals surface area contributed by atoms with E-state index in [-0.39, 0.29) is 12.3 Å². The summed E-state index contributed by atoms with van der Waals surface area (Å²) in [5.74, 6) is 0.966. The van der Waals surface area contributed by atoms with E-state index in [4.69, 9.17) is 14.3 Å². The summed E-state index contributed by atoms with van der Waals surface area (Å²) < 4.78 is 11.1. The Bertz CT molecular complexity index is 440. The molecule has 1 N–H and O–H groups in total. The molecule has 1 aromatic rings. The maximum Gasteiger partial charge on any atom is 0.303 e. The van der Waals surface area contributed by atoms with Crippen LogP contribution in [-0.2, 0) is 22.4 Å². The van der Waals surface area contributed by atoms with Gasteiger partial charge in [0.1, 0.15) is 0 Å². The number of rotatable bonds is 8. The summed E-state index contributed by atoms with van der Waals surface area (Å²) in [4.78, 5) is 10.6. The van der Waals surface area contributed by atoms with E-state index >= 15 is 0 Å². The fraction of sp³-hybridized carbons (Fsp3) is 0.786. The Morgan fingerprint density at radius 2 is 2.15 bits per heavy atom. The van der Waals surface area contributed by atoms with E-state index in [1.54, 1.807) is 0 Å². The van der Waals surface area contributed by atoms with E-state index in [1.165, 1.54) is 0 Å². The molecule has 0 amide bonds. The number of hydrogen-bond acceptors (Lipinski definition) is 5. The molecule has 112 valence electrons. The maximum atomic E-state index is 10.6. The molecule has 2 rings (SSSR count). The molecule has 1 aliphatic carbocycles. The van der Waals surface area contributed by atoms with Gasteiger partial charge in [-0.2, -0.15) is 0 Å². The standard InChI is InChI=1S/C14H22N2O4/c1-3-19-11-6-10(7-11)8-13-16-15-12(20-13)4-9(2)5-14(17)18/h9-11H,3-8H2,1-2H3,(H,17,18). The predicted molar refractivity (Wildman–Crippen MR) is 71.3 cm³/mol. The van der Waals surface area contributed by atoms with Gasteiger partial charge in [-0.3, -0.25) is 4.79 Å². The van der Waals surface area contributed by atoms with Crippen LogP contribution < -0.4 is 0 Å². The first-order valence-electron chi connectivity index (χ1n) is 7.21. The monoisotopic (exact) mass is 282 g/mol. The second-order valence-electron chi connectivity index (χ2n) is 5.62. The minimum absolute atomic E-state index is 0.00633. The summed E-state index contributed by atoms with van der Waals surface area (Å²) in [6.45, 7) is 4.65. The Balaban J connectivity index is 1.74. The topological polar surface area (TPSA) is 85.5 Å². The molecule has 0 bridgehead atoms. The Labute approximate surface area is 118 Å². The molecule has 1 atom stereocenters. The Hall–Kier alpha value is -1.43. The largest absolute Gasteiger partial charge is 0.481 e. The lowest BCUT2D eigenvalue weighted by atomic mass is 9.80. The number of carboxylic acids is 1. The van der Waals surface area contributed by atoms with Crippen molar-refractivity contribution in [1.29, 1.82) is 0 Å². The lowest BCUT2D eigenvalue weighted by Crippen LogP contribution is -2.32. The fourth-order valence-electron chi connectivity index (χ4n) is 2.58. The van der Waals surface area contributed by atoms with Crippen LogP contribution in [0, 0.1) is 11.8 Å². The number of aromatic nitrogens is 2. The number of aliphatic carboxylic acids is 1. The van der Waals surface area contributed by atoms with E-state index in [9.17, 15) is 4.79 Å². The molecule has 1 aromatic heterocycles. The average Bonchev–Trinajstić information content (AvgIpc) is 2.72. The first-order chi connectivity index (χ1) is 9.56. The molecule has 20 heavy (non-hydrogen) atoms. The first-order valence-corrected chi connectivity index (χ1v) is 7.21. The van der Waals surface area contributed by atoms with Gasteiger partial charge in [-0.15, -0.1) is 10.2 Å². The van der Waals surface area contributed by atoms with Gasteiger partial charge in [0.05, 0.1) is 6.10 Å². The molecular formula is C14H22N2O4. The highest BCUT2D eigenvalue weighted by atomic mass is 16.5. The molecule has 1 aliphatic rings. The zero-order valence-electron chi connectivity index (χ0n) is 12.0. The van der Waals surface area contributed by atoms with Crippen LogP contribution in [0.5, 0.6) is 0 Å². The lowest BCUT2D eigenvalue weighted by Gasteiger charge is -2.33. The van der Waals surface area contributed by atoms with Crippen molar-refractivity contribution < 1.29 is 19.1 Å². The van der Waals surface area contributed by atoms with E-state index in [0.29, 0.717) is 30.2 Å². The molecule has 0 spiro atoms. The number of carbonyl (C=O) groups is 1. The minimum atomic E-state index is -0.798. The fourth-order valence-corrected chi connectivity index (χ4v) is 2.58. The maximum absolute atomic E-state index is 10.6. The van der Waals surface area contributed by atoms with Crippen molar-refractivity contribution >= 4 is 5.97 Å². The number of nitrogens with zero attached hydrogens (tertiary/aromatic N) is 2. The second kappa shape index (κ2) is 6.83. The second-order valence-corrected chi connectivity index (χ2v) is 5.62. The molecule has 1 unspecified atom stereocenters. The molecule has 6 heteroatoms. The number of carboxylic acid groups (broad SMARTS) is 1. The summed E-state index contributed by atoms with van der Waals surface area (Å²) in [6, 6.07) is 0. The van der Waals surface area contributed by atoms with Crippen molar-refractivity contribution in [2.75, 3.05) is 6.61 Å². The quantitative estimate of drug-likeness (QED) is 0.785. The van der Waals surface area contributed by atoms with Crippen molar-refractivity contribution in [2.24, 2.45) is 11.8 Å². The van der Waals surface area contributed by atoms with Gasteiger partial charge in [-0.05, 0) is 31.6 Å². The summed E-state index contributed by atoms with van der Waals surface area (Å²) in [5.41, 5.74) is 0. The summed E-state index contributed by atoms with van der Waals surface area (Å²) in [7, 11) is 0. The van der Waals surface area contributed by atoms with Crippen molar-refractivity contribution in [3.05, 3.63) is 11.8 Å². The van der Waals surface area contributed by atoms with Crippen LogP contribution in [-0.4, -0.2) is 34.0 Å². The predicted octanol–water partition coefficient (Wildman–Crippen LogP) is 2.08. The van der Waals surface area contributed by atoms with Gasteiger partial charge in [0.2, 0.25) is 11.8 Å². The Kier molecular flexibility index (Phi) is 5.11. The van der Waals surface area contributed by atoms with Gasteiger partial charge in [0.15, 0.2) is 0 Å². The third kappa shape index (κ3) is 4.30. The highest BCUT2D eigenvalue weighted by molar-refractivity contribution is 5.66. The smallest absolute Gasteiger partial charge is 0.303 e. The first kappa shape index (κ1) is 15.0. The van der Waals surface area contributed by atoms with Gasteiger partial charge in [0.25, 0.3) is 0 Å². The van der Waals surface area contributed by atoms with Gasteiger partial charge in [-0.1, -0.05) is 6.92 Å². The molecule has 0 aromatic carbocycles. The molecule has 0 aliphatic heterocycles. The zero-order chi connectivity index (χ0) is 14.5. The van der Waals surface area contributed by atoms with Crippen molar-refractivity contribution in [3.63, 3.8) is 0 Å². The third-order valence-corrected chi connectivity index (χ3v) is 3.61. The SMILES string of the molecule is CCOC1CC(Cc2nnc(CC(C)CC(=O)O)o2)C1. The number of hydrogen-bond donors (Lipinski definition) is 1. The van der Waals surface area contributed by atoms with Gasteiger partial charge >= 0.3 is 5.97 Å². The van der Waals surface area contributed by atoms with Crippen LogP contribution >= 0.6 is 0 Å². The summed E-state index contributed by atoms with van der Waals surface area (Å²) in [5, 5.41) is 16.7. The summed E-state index contributed by atoms with van der Waals surface area (Å²) >= 11 is 0. The van der Waals surface area contributed by atoms with E-state index in [0.717, 1.165) is 25.9 Å². The molecule has 6 nitrogen and oxygen atoms in total. The highest BCUT2D eigenvalue weighted by Crippen LogP contribution is 2.32. The zero-order valence-corrected chi connectivity index (χ0v) is 12.0. The van der Waals surface area contributed by atoms with Crippen LogP contribution in [0.15, 0.2) is 4.42 Å². The van der Waals surface area contributed by atoms with Gasteiger partial charge < -0.3 is 14.3 Å². The van der Waals surface area contributed by atoms with E-state index in [1.807, 2.05) is 13.8 Å². The molecular weight excluding hydrogens is 260 g/mol. The summed E-state index contributed by atoms with van der Waals surface area (Å²) in [6.07, 6.45) is 3.94.